The van der Waals surface area contributed by atoms with Crippen molar-refractivity contribution in [2.45, 2.75) is 39.2 Å². The van der Waals surface area contributed by atoms with E-state index >= 15 is 0 Å². The van der Waals surface area contributed by atoms with E-state index in [0.29, 0.717) is 25.5 Å². The molecule has 2 rings (SSSR count). The molecule has 1 aromatic carbocycles. The molecule has 0 unspecified atom stereocenters. The fourth-order valence-corrected chi connectivity index (χ4v) is 3.03. The van der Waals surface area contributed by atoms with Gasteiger partial charge in [-0.2, -0.15) is 0 Å². The Labute approximate surface area is 142 Å². The molecule has 1 N–H and O–H groups in total. The SMILES string of the molecule is COCCCN1C(=O)C(O)=C(C(C)=O)[C@@H]1c1ccc(C(C)C)cc1. The number of ether oxygens (including phenoxy) is 1. The fraction of sp³-hybridized carbons (Fsp3) is 0.474. The molecule has 5 nitrogen and oxygen atoms in total. The maximum Gasteiger partial charge on any atom is 0.290 e. The van der Waals surface area contributed by atoms with Crippen molar-refractivity contribution in [3.63, 3.8) is 0 Å². The first-order valence-corrected chi connectivity index (χ1v) is 8.22. The Morgan fingerprint density at radius 1 is 1.29 bits per heavy atom. The first-order valence-electron chi connectivity index (χ1n) is 8.22. The van der Waals surface area contributed by atoms with E-state index in [4.69, 9.17) is 4.74 Å². The Balaban J connectivity index is 2.38. The summed E-state index contributed by atoms with van der Waals surface area (Å²) in [7, 11) is 1.60. The van der Waals surface area contributed by atoms with Crippen LogP contribution in [0.15, 0.2) is 35.6 Å². The zero-order valence-corrected chi connectivity index (χ0v) is 14.7. The minimum Gasteiger partial charge on any atom is -0.503 e. The van der Waals surface area contributed by atoms with Gasteiger partial charge in [-0.1, -0.05) is 38.1 Å². The number of Topliss-reactive ketones (excluding diaryl/α,β-unsaturated/α-hetero) is 1. The van der Waals surface area contributed by atoms with Gasteiger partial charge >= 0.3 is 0 Å². The van der Waals surface area contributed by atoms with Gasteiger partial charge in [-0.25, -0.2) is 0 Å². The summed E-state index contributed by atoms with van der Waals surface area (Å²) in [5.74, 6) is -0.807. The minimum atomic E-state index is -0.534. The number of hydrogen-bond donors (Lipinski definition) is 1. The number of hydrogen-bond acceptors (Lipinski definition) is 4. The number of nitrogens with zero attached hydrogens (tertiary/aromatic N) is 1. The smallest absolute Gasteiger partial charge is 0.290 e. The van der Waals surface area contributed by atoms with Crippen molar-refractivity contribution in [1.82, 2.24) is 4.90 Å². The molecule has 24 heavy (non-hydrogen) atoms. The lowest BCUT2D eigenvalue weighted by atomic mass is 9.94. The van der Waals surface area contributed by atoms with Crippen LogP contribution in [0.4, 0.5) is 0 Å². The molecule has 0 fully saturated rings. The predicted octanol–water partition coefficient (Wildman–Crippen LogP) is 3.13. The van der Waals surface area contributed by atoms with Crippen LogP contribution in [0.25, 0.3) is 0 Å². The number of amides is 1. The minimum absolute atomic E-state index is 0.176. The van der Waals surface area contributed by atoms with Crippen molar-refractivity contribution in [1.29, 1.82) is 0 Å². The van der Waals surface area contributed by atoms with Crippen LogP contribution in [0.1, 0.15) is 50.3 Å². The number of carbonyl (C=O) groups excluding carboxylic acids is 2. The number of ketones is 1. The van der Waals surface area contributed by atoms with E-state index in [1.165, 1.54) is 12.5 Å². The lowest BCUT2D eigenvalue weighted by Crippen LogP contribution is -2.32. The molecular formula is C19H25NO4. The zero-order chi connectivity index (χ0) is 17.9. The summed E-state index contributed by atoms with van der Waals surface area (Å²) < 4.78 is 5.04. The second-order valence-corrected chi connectivity index (χ2v) is 6.39. The first-order chi connectivity index (χ1) is 11.4. The Morgan fingerprint density at radius 3 is 2.42 bits per heavy atom. The Morgan fingerprint density at radius 2 is 1.92 bits per heavy atom. The molecule has 0 bridgehead atoms. The second-order valence-electron chi connectivity index (χ2n) is 6.39. The average Bonchev–Trinajstić information content (AvgIpc) is 2.80. The molecule has 0 radical (unpaired) electrons. The van der Waals surface area contributed by atoms with E-state index in [-0.39, 0.29) is 11.4 Å². The lowest BCUT2D eigenvalue weighted by molar-refractivity contribution is -0.129. The number of methoxy groups -OCH3 is 1. The summed E-state index contributed by atoms with van der Waals surface area (Å²) in [6.07, 6.45) is 0.640. The third-order valence-corrected chi connectivity index (χ3v) is 4.35. The van der Waals surface area contributed by atoms with Gasteiger partial charge in [0.1, 0.15) is 0 Å². The fourth-order valence-electron chi connectivity index (χ4n) is 3.03. The van der Waals surface area contributed by atoms with Crippen molar-refractivity contribution in [3.05, 3.63) is 46.7 Å². The summed E-state index contributed by atoms with van der Waals surface area (Å²) in [4.78, 5) is 26.0. The van der Waals surface area contributed by atoms with Crippen LogP contribution in [-0.2, 0) is 14.3 Å². The molecule has 1 atom stereocenters. The van der Waals surface area contributed by atoms with Crippen LogP contribution in [0.2, 0.25) is 0 Å². The van der Waals surface area contributed by atoms with Crippen LogP contribution in [0, 0.1) is 0 Å². The third kappa shape index (κ3) is 3.51. The standard InChI is InChI=1S/C19H25NO4/c1-12(2)14-6-8-15(9-7-14)17-16(13(3)21)18(22)19(23)20(17)10-5-11-24-4/h6-9,12,17,22H,5,10-11H2,1-4H3/t17-/m0/s1. The molecule has 0 aromatic heterocycles. The maximum atomic E-state index is 12.4. The molecule has 1 amide bonds. The van der Waals surface area contributed by atoms with Crippen LogP contribution in [0.3, 0.4) is 0 Å². The van der Waals surface area contributed by atoms with Crippen LogP contribution in [0.5, 0.6) is 0 Å². The molecule has 0 saturated carbocycles. The number of carbonyl (C=O) groups is 2. The summed E-state index contributed by atoms with van der Waals surface area (Å²) >= 11 is 0. The molecule has 130 valence electrons. The van der Waals surface area contributed by atoms with Gasteiger partial charge in [-0.3, -0.25) is 9.59 Å². The van der Waals surface area contributed by atoms with E-state index in [0.717, 1.165) is 5.56 Å². The lowest BCUT2D eigenvalue weighted by Gasteiger charge is -2.26. The van der Waals surface area contributed by atoms with Gasteiger partial charge in [0, 0.05) is 20.3 Å². The van der Waals surface area contributed by atoms with Crippen molar-refractivity contribution in [2.24, 2.45) is 0 Å². The highest BCUT2D eigenvalue weighted by molar-refractivity contribution is 6.08. The topological polar surface area (TPSA) is 66.8 Å². The summed E-state index contributed by atoms with van der Waals surface area (Å²) in [6, 6.07) is 7.33. The summed E-state index contributed by atoms with van der Waals surface area (Å²) in [5.41, 5.74) is 2.20. The molecule has 0 saturated heterocycles. The van der Waals surface area contributed by atoms with Gasteiger partial charge in [0.05, 0.1) is 11.6 Å². The monoisotopic (exact) mass is 331 g/mol. The van der Waals surface area contributed by atoms with Gasteiger partial charge in [0.25, 0.3) is 5.91 Å². The van der Waals surface area contributed by atoms with Crippen LogP contribution < -0.4 is 0 Å². The summed E-state index contributed by atoms with van der Waals surface area (Å²) in [6.45, 7) is 6.53. The number of aliphatic hydroxyl groups excluding tert-OH is 1. The van der Waals surface area contributed by atoms with Crippen molar-refractivity contribution in [3.8, 4) is 0 Å². The average molecular weight is 331 g/mol. The number of aliphatic hydroxyl groups is 1. The number of benzene rings is 1. The highest BCUT2D eigenvalue weighted by Gasteiger charge is 2.41. The maximum absolute atomic E-state index is 12.4. The van der Waals surface area contributed by atoms with Crippen LogP contribution in [-0.4, -0.2) is 42.0 Å². The van der Waals surface area contributed by atoms with Gasteiger partial charge in [-0.05, 0) is 30.4 Å². The van der Waals surface area contributed by atoms with E-state index in [1.807, 2.05) is 24.3 Å². The quantitative estimate of drug-likeness (QED) is 0.780. The second kappa shape index (κ2) is 7.62. The largest absolute Gasteiger partial charge is 0.503 e. The molecule has 1 aromatic rings. The van der Waals surface area contributed by atoms with Gasteiger partial charge in [-0.15, -0.1) is 0 Å². The molecule has 1 aliphatic rings. The van der Waals surface area contributed by atoms with Crippen molar-refractivity contribution >= 4 is 11.7 Å². The normalized spacial score (nSPS) is 18.0. The highest BCUT2D eigenvalue weighted by atomic mass is 16.5. The molecule has 0 spiro atoms. The van der Waals surface area contributed by atoms with Crippen molar-refractivity contribution in [2.75, 3.05) is 20.3 Å². The van der Waals surface area contributed by atoms with E-state index in [2.05, 4.69) is 13.8 Å². The molecular weight excluding hydrogens is 306 g/mol. The summed E-state index contributed by atoms with van der Waals surface area (Å²) in [5, 5.41) is 10.2. The molecule has 1 aliphatic heterocycles. The molecule has 5 heteroatoms. The van der Waals surface area contributed by atoms with Gasteiger partial charge in [0.2, 0.25) is 0 Å². The first kappa shape index (κ1) is 18.2. The molecule has 0 aliphatic carbocycles. The Kier molecular flexibility index (Phi) is 5.78. The molecule has 1 heterocycles. The van der Waals surface area contributed by atoms with Gasteiger partial charge < -0.3 is 14.7 Å². The van der Waals surface area contributed by atoms with Crippen molar-refractivity contribution < 1.29 is 19.4 Å². The highest BCUT2D eigenvalue weighted by Crippen LogP contribution is 2.38. The van der Waals surface area contributed by atoms with E-state index < -0.39 is 17.7 Å². The zero-order valence-electron chi connectivity index (χ0n) is 14.7. The van der Waals surface area contributed by atoms with Crippen LogP contribution >= 0.6 is 0 Å². The van der Waals surface area contributed by atoms with E-state index in [9.17, 15) is 14.7 Å². The number of rotatable bonds is 7. The van der Waals surface area contributed by atoms with Gasteiger partial charge in [0.15, 0.2) is 11.5 Å². The Bertz CT molecular complexity index is 646. The van der Waals surface area contributed by atoms with E-state index in [1.54, 1.807) is 12.0 Å². The Hall–Kier alpha value is -2.14. The third-order valence-electron chi connectivity index (χ3n) is 4.35. The predicted molar refractivity (Wildman–Crippen MR) is 91.8 cm³/mol.